The number of methoxy groups -OCH3 is 1. The second-order valence-corrected chi connectivity index (χ2v) is 3.07. The van der Waals surface area contributed by atoms with Crippen molar-refractivity contribution in [3.05, 3.63) is 24.0 Å². The SMILES string of the molecule is CC.COc1ccc2c(c1)nc(C)n2C. The van der Waals surface area contributed by atoms with Gasteiger partial charge in [0.2, 0.25) is 0 Å². The second kappa shape index (κ2) is 4.82. The van der Waals surface area contributed by atoms with Gasteiger partial charge >= 0.3 is 0 Å². The van der Waals surface area contributed by atoms with Gasteiger partial charge in [0.05, 0.1) is 18.1 Å². The number of ether oxygens (including phenoxy) is 1. The lowest BCUT2D eigenvalue weighted by atomic mass is 10.3. The zero-order valence-electron chi connectivity index (χ0n) is 10.0. The van der Waals surface area contributed by atoms with Crippen molar-refractivity contribution >= 4 is 11.0 Å². The molecule has 0 saturated heterocycles. The molecule has 0 aliphatic carbocycles. The van der Waals surface area contributed by atoms with Crippen LogP contribution >= 0.6 is 0 Å². The topological polar surface area (TPSA) is 27.1 Å². The first-order valence-electron chi connectivity index (χ1n) is 5.19. The number of imidazole rings is 1. The maximum atomic E-state index is 5.12. The molecule has 1 aromatic heterocycles. The van der Waals surface area contributed by atoms with Crippen molar-refractivity contribution in [3.63, 3.8) is 0 Å². The van der Waals surface area contributed by atoms with Crippen LogP contribution in [0.25, 0.3) is 11.0 Å². The van der Waals surface area contributed by atoms with Gasteiger partial charge in [-0.15, -0.1) is 0 Å². The molecule has 2 rings (SSSR count). The summed E-state index contributed by atoms with van der Waals surface area (Å²) in [6.45, 7) is 5.99. The molecule has 1 aromatic carbocycles. The summed E-state index contributed by atoms with van der Waals surface area (Å²) >= 11 is 0. The molecule has 0 spiro atoms. The van der Waals surface area contributed by atoms with Gasteiger partial charge in [-0.05, 0) is 19.1 Å². The maximum absolute atomic E-state index is 5.12. The Hall–Kier alpha value is -1.51. The number of hydrogen-bond donors (Lipinski definition) is 0. The molecule has 15 heavy (non-hydrogen) atoms. The quantitative estimate of drug-likeness (QED) is 0.717. The first kappa shape index (κ1) is 11.6. The fourth-order valence-electron chi connectivity index (χ4n) is 1.43. The Kier molecular flexibility index (Phi) is 3.72. The van der Waals surface area contributed by atoms with Crippen LogP contribution < -0.4 is 4.74 Å². The number of aryl methyl sites for hydroxylation is 2. The molecular weight excluding hydrogens is 188 g/mol. The Labute approximate surface area is 90.7 Å². The third-order valence-electron chi connectivity index (χ3n) is 2.31. The summed E-state index contributed by atoms with van der Waals surface area (Å²) in [6, 6.07) is 5.92. The Morgan fingerprint density at radius 3 is 2.53 bits per heavy atom. The fraction of sp³-hybridized carbons (Fsp3) is 0.417. The van der Waals surface area contributed by atoms with E-state index in [4.69, 9.17) is 4.74 Å². The number of nitrogens with zero attached hydrogens (tertiary/aromatic N) is 2. The van der Waals surface area contributed by atoms with E-state index in [-0.39, 0.29) is 0 Å². The van der Waals surface area contributed by atoms with Crippen LogP contribution in [-0.4, -0.2) is 16.7 Å². The van der Waals surface area contributed by atoms with Gasteiger partial charge in [0, 0.05) is 13.1 Å². The van der Waals surface area contributed by atoms with Gasteiger partial charge in [0.1, 0.15) is 11.6 Å². The summed E-state index contributed by atoms with van der Waals surface area (Å²) in [5.41, 5.74) is 2.12. The van der Waals surface area contributed by atoms with Gasteiger partial charge in [0.25, 0.3) is 0 Å². The number of aromatic nitrogens is 2. The van der Waals surface area contributed by atoms with Crippen molar-refractivity contribution in [2.75, 3.05) is 7.11 Å². The molecule has 0 N–H and O–H groups in total. The highest BCUT2D eigenvalue weighted by molar-refractivity contribution is 5.77. The predicted molar refractivity (Wildman–Crippen MR) is 63.4 cm³/mol. The summed E-state index contributed by atoms with van der Waals surface area (Å²) < 4.78 is 7.19. The molecule has 0 bridgehead atoms. The number of hydrogen-bond acceptors (Lipinski definition) is 2. The molecule has 3 nitrogen and oxygen atoms in total. The molecule has 0 fully saturated rings. The van der Waals surface area contributed by atoms with Crippen LogP contribution in [0.5, 0.6) is 5.75 Å². The number of benzene rings is 1. The molecule has 0 atom stereocenters. The van der Waals surface area contributed by atoms with Crippen LogP contribution in [0.15, 0.2) is 18.2 Å². The Balaban J connectivity index is 0.000000531. The molecular formula is C12H18N2O. The third-order valence-corrected chi connectivity index (χ3v) is 2.31. The van der Waals surface area contributed by atoms with Gasteiger partial charge < -0.3 is 9.30 Å². The van der Waals surface area contributed by atoms with Crippen LogP contribution in [0.4, 0.5) is 0 Å². The summed E-state index contributed by atoms with van der Waals surface area (Å²) in [4.78, 5) is 4.40. The van der Waals surface area contributed by atoms with E-state index in [9.17, 15) is 0 Å². The van der Waals surface area contributed by atoms with Gasteiger partial charge in [-0.1, -0.05) is 13.8 Å². The average Bonchev–Trinajstić information content (AvgIpc) is 2.57. The van der Waals surface area contributed by atoms with Gasteiger partial charge in [0.15, 0.2) is 0 Å². The van der Waals surface area contributed by atoms with E-state index in [1.165, 1.54) is 0 Å². The first-order chi connectivity index (χ1) is 7.22. The van der Waals surface area contributed by atoms with Crippen molar-refractivity contribution < 1.29 is 4.74 Å². The average molecular weight is 206 g/mol. The summed E-state index contributed by atoms with van der Waals surface area (Å²) in [5, 5.41) is 0. The molecule has 0 unspecified atom stereocenters. The fourth-order valence-corrected chi connectivity index (χ4v) is 1.43. The zero-order chi connectivity index (χ0) is 11.4. The van der Waals surface area contributed by atoms with E-state index in [0.717, 1.165) is 22.6 Å². The van der Waals surface area contributed by atoms with Gasteiger partial charge in [-0.3, -0.25) is 0 Å². The third kappa shape index (κ3) is 2.12. The minimum Gasteiger partial charge on any atom is -0.497 e. The van der Waals surface area contributed by atoms with Crippen LogP contribution in [0.1, 0.15) is 19.7 Å². The minimum absolute atomic E-state index is 0.852. The monoisotopic (exact) mass is 206 g/mol. The van der Waals surface area contributed by atoms with Crippen LogP contribution in [-0.2, 0) is 7.05 Å². The lowest BCUT2D eigenvalue weighted by Crippen LogP contribution is -1.89. The summed E-state index contributed by atoms with van der Waals surface area (Å²) in [6.07, 6.45) is 0. The van der Waals surface area contributed by atoms with Crippen molar-refractivity contribution in [2.24, 2.45) is 7.05 Å². The largest absolute Gasteiger partial charge is 0.497 e. The normalized spacial score (nSPS) is 9.67. The molecule has 0 saturated carbocycles. The van der Waals surface area contributed by atoms with Crippen molar-refractivity contribution in [1.82, 2.24) is 9.55 Å². The van der Waals surface area contributed by atoms with Gasteiger partial charge in [-0.2, -0.15) is 0 Å². The molecule has 0 aliphatic rings. The summed E-state index contributed by atoms with van der Waals surface area (Å²) in [7, 11) is 3.67. The second-order valence-electron chi connectivity index (χ2n) is 3.07. The zero-order valence-corrected chi connectivity index (χ0v) is 10.0. The first-order valence-corrected chi connectivity index (χ1v) is 5.19. The van der Waals surface area contributed by atoms with Crippen molar-refractivity contribution in [1.29, 1.82) is 0 Å². The Morgan fingerprint density at radius 1 is 1.27 bits per heavy atom. The van der Waals surface area contributed by atoms with Gasteiger partial charge in [-0.25, -0.2) is 4.98 Å². The lowest BCUT2D eigenvalue weighted by Gasteiger charge is -1.99. The van der Waals surface area contributed by atoms with Crippen molar-refractivity contribution in [3.8, 4) is 5.75 Å². The lowest BCUT2D eigenvalue weighted by molar-refractivity contribution is 0.415. The molecule has 1 heterocycles. The predicted octanol–water partition coefficient (Wildman–Crippen LogP) is 2.92. The smallest absolute Gasteiger partial charge is 0.121 e. The van der Waals surface area contributed by atoms with Crippen LogP contribution in [0.3, 0.4) is 0 Å². The highest BCUT2D eigenvalue weighted by atomic mass is 16.5. The minimum atomic E-state index is 0.852. The highest BCUT2D eigenvalue weighted by Crippen LogP contribution is 2.20. The number of rotatable bonds is 1. The van der Waals surface area contributed by atoms with E-state index in [0.29, 0.717) is 0 Å². The highest BCUT2D eigenvalue weighted by Gasteiger charge is 2.03. The molecule has 0 amide bonds. The molecule has 3 heteroatoms. The van der Waals surface area contributed by atoms with Crippen molar-refractivity contribution in [2.45, 2.75) is 20.8 Å². The Bertz CT molecular complexity index is 446. The van der Waals surface area contributed by atoms with E-state index >= 15 is 0 Å². The number of fused-ring (bicyclic) bond motifs is 1. The molecule has 82 valence electrons. The molecule has 0 aliphatic heterocycles. The molecule has 0 radical (unpaired) electrons. The van der Waals surface area contributed by atoms with E-state index in [2.05, 4.69) is 9.55 Å². The van der Waals surface area contributed by atoms with Crippen LogP contribution in [0.2, 0.25) is 0 Å². The van der Waals surface area contributed by atoms with E-state index in [1.54, 1.807) is 7.11 Å². The maximum Gasteiger partial charge on any atom is 0.121 e. The van der Waals surface area contributed by atoms with E-state index in [1.807, 2.05) is 46.0 Å². The molecule has 2 aromatic rings. The van der Waals surface area contributed by atoms with E-state index < -0.39 is 0 Å². The van der Waals surface area contributed by atoms with Crippen LogP contribution in [0, 0.1) is 6.92 Å². The Morgan fingerprint density at radius 2 is 1.93 bits per heavy atom. The summed E-state index contributed by atoms with van der Waals surface area (Å²) in [5.74, 6) is 1.87. The standard InChI is InChI=1S/C10H12N2O.C2H6/c1-7-11-9-6-8(13-3)4-5-10(9)12(7)2;1-2/h4-6H,1-3H3;1-2H3.